The molecule has 0 bridgehead atoms. The Labute approximate surface area is 73.0 Å². The summed E-state index contributed by atoms with van der Waals surface area (Å²) in [5.74, 6) is -0.376. The van der Waals surface area contributed by atoms with Gasteiger partial charge in [-0.3, -0.25) is 4.90 Å². The molecule has 0 amide bonds. The SMILES string of the molecule is C/C(=C\N)C(=O)OC(C)N(C)C. The van der Waals surface area contributed by atoms with E-state index in [4.69, 9.17) is 10.5 Å². The van der Waals surface area contributed by atoms with Gasteiger partial charge in [0.2, 0.25) is 0 Å². The van der Waals surface area contributed by atoms with Crippen molar-refractivity contribution in [1.29, 1.82) is 0 Å². The number of rotatable bonds is 3. The highest BCUT2D eigenvalue weighted by Gasteiger charge is 2.11. The van der Waals surface area contributed by atoms with E-state index in [2.05, 4.69) is 0 Å². The van der Waals surface area contributed by atoms with Gasteiger partial charge in [-0.1, -0.05) is 0 Å². The highest BCUT2D eigenvalue weighted by atomic mass is 16.6. The van der Waals surface area contributed by atoms with Crippen molar-refractivity contribution in [3.63, 3.8) is 0 Å². The number of nitrogens with zero attached hydrogens (tertiary/aromatic N) is 1. The van der Waals surface area contributed by atoms with Gasteiger partial charge in [-0.2, -0.15) is 0 Å². The predicted molar refractivity (Wildman–Crippen MR) is 47.2 cm³/mol. The smallest absolute Gasteiger partial charge is 0.336 e. The quantitative estimate of drug-likeness (QED) is 0.378. The van der Waals surface area contributed by atoms with E-state index >= 15 is 0 Å². The molecule has 0 heterocycles. The Bertz CT molecular complexity index is 187. The van der Waals surface area contributed by atoms with Gasteiger partial charge < -0.3 is 10.5 Å². The van der Waals surface area contributed by atoms with Crippen molar-refractivity contribution in [3.8, 4) is 0 Å². The first-order chi connectivity index (χ1) is 5.49. The van der Waals surface area contributed by atoms with Gasteiger partial charge in [0.25, 0.3) is 0 Å². The van der Waals surface area contributed by atoms with E-state index in [9.17, 15) is 4.79 Å². The van der Waals surface area contributed by atoms with E-state index in [1.807, 2.05) is 14.1 Å². The third-order valence-electron chi connectivity index (χ3n) is 1.58. The van der Waals surface area contributed by atoms with Crippen LogP contribution in [0.1, 0.15) is 13.8 Å². The molecule has 70 valence electrons. The van der Waals surface area contributed by atoms with E-state index in [0.29, 0.717) is 5.57 Å². The summed E-state index contributed by atoms with van der Waals surface area (Å²) in [5, 5.41) is 0. The Morgan fingerprint density at radius 2 is 2.08 bits per heavy atom. The summed E-state index contributed by atoms with van der Waals surface area (Å²) >= 11 is 0. The third-order valence-corrected chi connectivity index (χ3v) is 1.58. The van der Waals surface area contributed by atoms with Gasteiger partial charge >= 0.3 is 5.97 Å². The van der Waals surface area contributed by atoms with Crippen molar-refractivity contribution in [2.75, 3.05) is 14.1 Å². The van der Waals surface area contributed by atoms with Gasteiger partial charge in [-0.15, -0.1) is 0 Å². The molecule has 0 fully saturated rings. The molecule has 4 heteroatoms. The molecule has 0 radical (unpaired) electrons. The molecular formula is C8H16N2O2. The Morgan fingerprint density at radius 3 is 2.42 bits per heavy atom. The van der Waals surface area contributed by atoms with Crippen LogP contribution in [0.25, 0.3) is 0 Å². The molecule has 0 spiro atoms. The van der Waals surface area contributed by atoms with Crippen LogP contribution in [0, 0.1) is 0 Å². The number of ether oxygens (including phenoxy) is 1. The van der Waals surface area contributed by atoms with Gasteiger partial charge in [-0.25, -0.2) is 4.79 Å². The Morgan fingerprint density at radius 1 is 1.58 bits per heavy atom. The number of carbonyl (C=O) groups excluding carboxylic acids is 1. The van der Waals surface area contributed by atoms with E-state index in [-0.39, 0.29) is 12.2 Å². The molecule has 0 aliphatic carbocycles. The van der Waals surface area contributed by atoms with E-state index in [0.717, 1.165) is 0 Å². The lowest BCUT2D eigenvalue weighted by Gasteiger charge is -2.19. The molecule has 0 aromatic heterocycles. The number of hydrogen-bond acceptors (Lipinski definition) is 4. The van der Waals surface area contributed by atoms with Crippen molar-refractivity contribution < 1.29 is 9.53 Å². The van der Waals surface area contributed by atoms with Crippen LogP contribution in [-0.2, 0) is 9.53 Å². The molecule has 2 N–H and O–H groups in total. The van der Waals surface area contributed by atoms with E-state index in [1.165, 1.54) is 6.20 Å². The number of carbonyl (C=O) groups is 1. The minimum Gasteiger partial charge on any atom is -0.443 e. The zero-order valence-electron chi connectivity index (χ0n) is 8.00. The molecule has 0 aromatic carbocycles. The maximum atomic E-state index is 11.1. The second-order valence-corrected chi connectivity index (χ2v) is 2.82. The first-order valence-corrected chi connectivity index (χ1v) is 3.75. The van der Waals surface area contributed by atoms with Gasteiger partial charge in [0, 0.05) is 11.8 Å². The Balaban J connectivity index is 4.02. The van der Waals surface area contributed by atoms with Gasteiger partial charge in [0.15, 0.2) is 6.23 Å². The molecule has 4 nitrogen and oxygen atoms in total. The largest absolute Gasteiger partial charge is 0.443 e. The summed E-state index contributed by atoms with van der Waals surface area (Å²) in [6.45, 7) is 3.41. The third kappa shape index (κ3) is 3.39. The van der Waals surface area contributed by atoms with Crippen LogP contribution in [0.3, 0.4) is 0 Å². The minimum atomic E-state index is -0.376. The molecule has 0 saturated heterocycles. The molecule has 1 atom stereocenters. The summed E-state index contributed by atoms with van der Waals surface area (Å²) < 4.78 is 5.00. The first kappa shape index (κ1) is 11.0. The minimum absolute atomic E-state index is 0.229. The molecule has 0 aliphatic rings. The van der Waals surface area contributed by atoms with Crippen molar-refractivity contribution in [1.82, 2.24) is 4.90 Å². The molecule has 0 rings (SSSR count). The lowest BCUT2D eigenvalue weighted by molar-refractivity contribution is -0.150. The van der Waals surface area contributed by atoms with Gasteiger partial charge in [0.05, 0.1) is 0 Å². The molecule has 12 heavy (non-hydrogen) atoms. The Kier molecular flexibility index (Phi) is 4.36. The first-order valence-electron chi connectivity index (χ1n) is 3.75. The molecule has 0 saturated carbocycles. The van der Waals surface area contributed by atoms with Crippen LogP contribution in [0.5, 0.6) is 0 Å². The van der Waals surface area contributed by atoms with Crippen molar-refractivity contribution in [3.05, 3.63) is 11.8 Å². The summed E-state index contributed by atoms with van der Waals surface area (Å²) in [6.07, 6.45) is 1.01. The lowest BCUT2D eigenvalue weighted by atomic mass is 10.3. The normalized spacial score (nSPS) is 14.6. The zero-order valence-corrected chi connectivity index (χ0v) is 8.00. The fraction of sp³-hybridized carbons (Fsp3) is 0.625. The van der Waals surface area contributed by atoms with E-state index < -0.39 is 0 Å². The van der Waals surface area contributed by atoms with Crippen LogP contribution in [0.2, 0.25) is 0 Å². The number of hydrogen-bond donors (Lipinski definition) is 1. The maximum Gasteiger partial charge on any atom is 0.336 e. The molecule has 1 unspecified atom stereocenters. The van der Waals surface area contributed by atoms with Crippen molar-refractivity contribution in [2.24, 2.45) is 5.73 Å². The van der Waals surface area contributed by atoms with Crippen molar-refractivity contribution >= 4 is 5.97 Å². The predicted octanol–water partition coefficient (Wildman–Crippen LogP) is 0.300. The highest BCUT2D eigenvalue weighted by molar-refractivity contribution is 5.87. The topological polar surface area (TPSA) is 55.6 Å². The summed E-state index contributed by atoms with van der Waals surface area (Å²) in [7, 11) is 3.67. The number of nitrogens with two attached hydrogens (primary N) is 1. The second-order valence-electron chi connectivity index (χ2n) is 2.82. The second kappa shape index (κ2) is 4.77. The summed E-state index contributed by atoms with van der Waals surface area (Å²) in [4.78, 5) is 12.9. The average molecular weight is 172 g/mol. The molecule has 0 aromatic rings. The van der Waals surface area contributed by atoms with Crippen molar-refractivity contribution in [2.45, 2.75) is 20.1 Å². The average Bonchev–Trinajstić information content (AvgIpc) is 2.02. The van der Waals surface area contributed by atoms with Crippen LogP contribution < -0.4 is 5.73 Å². The monoisotopic (exact) mass is 172 g/mol. The summed E-state index contributed by atoms with van der Waals surface area (Å²) in [5.41, 5.74) is 5.57. The number of esters is 1. The fourth-order valence-electron chi connectivity index (χ4n) is 0.421. The fourth-order valence-corrected chi connectivity index (χ4v) is 0.421. The van der Waals surface area contributed by atoms with Gasteiger partial charge in [-0.05, 0) is 27.9 Å². The van der Waals surface area contributed by atoms with Crippen LogP contribution >= 0.6 is 0 Å². The molecule has 0 aliphatic heterocycles. The van der Waals surface area contributed by atoms with Crippen LogP contribution in [0.15, 0.2) is 11.8 Å². The standard InChI is InChI=1S/C8H16N2O2/c1-6(5-9)8(11)12-7(2)10(3)4/h5,7H,9H2,1-4H3/b6-5+. The van der Waals surface area contributed by atoms with Gasteiger partial charge in [0.1, 0.15) is 0 Å². The maximum absolute atomic E-state index is 11.1. The summed E-state index contributed by atoms with van der Waals surface area (Å²) in [6, 6.07) is 0. The lowest BCUT2D eigenvalue weighted by Crippen LogP contribution is -2.30. The van der Waals surface area contributed by atoms with Crippen LogP contribution in [0.4, 0.5) is 0 Å². The van der Waals surface area contributed by atoms with Crippen LogP contribution in [-0.4, -0.2) is 31.2 Å². The van der Waals surface area contributed by atoms with E-state index in [1.54, 1.807) is 18.7 Å². The Hall–Kier alpha value is -1.03. The molecular weight excluding hydrogens is 156 g/mol. The highest BCUT2D eigenvalue weighted by Crippen LogP contribution is 2.00. The zero-order chi connectivity index (χ0) is 9.72.